The van der Waals surface area contributed by atoms with Crippen LogP contribution in [0.1, 0.15) is 50.5 Å². The molecule has 0 amide bonds. The fourth-order valence-electron chi connectivity index (χ4n) is 3.17. The molecule has 0 aromatic heterocycles. The smallest absolute Gasteiger partial charge is 0.0237 e. The highest BCUT2D eigenvalue weighted by molar-refractivity contribution is 5.14. The molecule has 2 heteroatoms. The Morgan fingerprint density at radius 3 is 2.21 bits per heavy atom. The van der Waals surface area contributed by atoms with Gasteiger partial charge in [-0.3, -0.25) is 4.90 Å². The van der Waals surface area contributed by atoms with E-state index in [1.54, 1.807) is 0 Å². The van der Waals surface area contributed by atoms with Gasteiger partial charge in [-0.2, -0.15) is 0 Å². The number of rotatable bonds is 5. The molecule has 2 nitrogen and oxygen atoms in total. The van der Waals surface area contributed by atoms with Gasteiger partial charge in [0.15, 0.2) is 0 Å². The molecule has 1 aromatic carbocycles. The molecule has 106 valence electrons. The van der Waals surface area contributed by atoms with Gasteiger partial charge in [-0.15, -0.1) is 0 Å². The molecule has 1 aromatic rings. The lowest BCUT2D eigenvalue weighted by Crippen LogP contribution is -2.38. The van der Waals surface area contributed by atoms with Gasteiger partial charge >= 0.3 is 0 Å². The fraction of sp³-hybridized carbons (Fsp3) is 0.647. The van der Waals surface area contributed by atoms with Gasteiger partial charge in [0.25, 0.3) is 0 Å². The highest BCUT2D eigenvalue weighted by Gasteiger charge is 2.18. The molecule has 2 N–H and O–H groups in total. The van der Waals surface area contributed by atoms with E-state index in [4.69, 9.17) is 5.73 Å². The molecule has 2 rings (SSSR count). The summed E-state index contributed by atoms with van der Waals surface area (Å²) in [5.74, 6) is 0. The highest BCUT2D eigenvalue weighted by Crippen LogP contribution is 2.22. The Bertz CT molecular complexity index is 328. The van der Waals surface area contributed by atoms with Crippen molar-refractivity contribution in [3.8, 4) is 0 Å². The van der Waals surface area contributed by atoms with Crippen LogP contribution in [0.5, 0.6) is 0 Å². The highest BCUT2D eigenvalue weighted by atomic mass is 15.2. The van der Waals surface area contributed by atoms with E-state index in [1.165, 1.54) is 50.5 Å². The van der Waals surface area contributed by atoms with Crippen molar-refractivity contribution in [1.82, 2.24) is 4.90 Å². The maximum atomic E-state index is 5.82. The average molecular weight is 260 g/mol. The minimum Gasteiger partial charge on any atom is -0.329 e. The molecular weight excluding hydrogens is 232 g/mol. The first-order valence-electron chi connectivity index (χ1n) is 7.88. The third kappa shape index (κ3) is 4.96. The summed E-state index contributed by atoms with van der Waals surface area (Å²) in [6, 6.07) is 11.6. The third-order valence-corrected chi connectivity index (χ3v) is 4.24. The van der Waals surface area contributed by atoms with E-state index in [9.17, 15) is 0 Å². The van der Waals surface area contributed by atoms with Crippen molar-refractivity contribution in [2.45, 2.75) is 57.5 Å². The topological polar surface area (TPSA) is 29.3 Å². The largest absolute Gasteiger partial charge is 0.329 e. The van der Waals surface area contributed by atoms with Gasteiger partial charge in [0, 0.05) is 25.7 Å². The zero-order valence-electron chi connectivity index (χ0n) is 12.1. The summed E-state index contributed by atoms with van der Waals surface area (Å²) >= 11 is 0. The predicted octanol–water partition coefficient (Wildman–Crippen LogP) is 3.56. The van der Waals surface area contributed by atoms with Gasteiger partial charge in [-0.1, -0.05) is 62.4 Å². The minimum absolute atomic E-state index is 0.740. The van der Waals surface area contributed by atoms with Crippen molar-refractivity contribution in [3.63, 3.8) is 0 Å². The van der Waals surface area contributed by atoms with Crippen molar-refractivity contribution in [2.75, 3.05) is 13.1 Å². The van der Waals surface area contributed by atoms with Crippen molar-refractivity contribution < 1.29 is 0 Å². The van der Waals surface area contributed by atoms with Gasteiger partial charge in [0.05, 0.1) is 0 Å². The van der Waals surface area contributed by atoms with Crippen LogP contribution in [0.2, 0.25) is 0 Å². The second kappa shape index (κ2) is 8.34. The quantitative estimate of drug-likeness (QED) is 0.877. The van der Waals surface area contributed by atoms with Crippen LogP contribution in [-0.2, 0) is 6.54 Å². The predicted molar refractivity (Wildman–Crippen MR) is 82.0 cm³/mol. The molecule has 1 saturated carbocycles. The summed E-state index contributed by atoms with van der Waals surface area (Å²) in [6.07, 6.45) is 9.75. The van der Waals surface area contributed by atoms with Crippen LogP contribution in [0.4, 0.5) is 0 Å². The number of nitrogens with zero attached hydrogens (tertiary/aromatic N) is 1. The minimum atomic E-state index is 0.740. The van der Waals surface area contributed by atoms with Crippen molar-refractivity contribution in [2.24, 2.45) is 5.73 Å². The lowest BCUT2D eigenvalue weighted by Gasteiger charge is -2.33. The zero-order valence-corrected chi connectivity index (χ0v) is 12.1. The summed E-state index contributed by atoms with van der Waals surface area (Å²) in [5, 5.41) is 0. The van der Waals surface area contributed by atoms with Crippen molar-refractivity contribution >= 4 is 0 Å². The van der Waals surface area contributed by atoms with Gasteiger partial charge < -0.3 is 5.73 Å². The van der Waals surface area contributed by atoms with E-state index in [0.717, 1.165) is 25.7 Å². The van der Waals surface area contributed by atoms with E-state index in [1.807, 2.05) is 0 Å². The number of hydrogen-bond donors (Lipinski definition) is 1. The maximum Gasteiger partial charge on any atom is 0.0237 e. The Kier molecular flexibility index (Phi) is 6.38. The second-order valence-corrected chi connectivity index (χ2v) is 5.74. The van der Waals surface area contributed by atoms with Crippen LogP contribution in [0, 0.1) is 0 Å². The summed E-state index contributed by atoms with van der Waals surface area (Å²) in [7, 11) is 0. The lowest BCUT2D eigenvalue weighted by molar-refractivity contribution is 0.162. The molecule has 1 aliphatic rings. The van der Waals surface area contributed by atoms with E-state index < -0.39 is 0 Å². The molecule has 0 radical (unpaired) electrons. The molecule has 0 saturated heterocycles. The molecule has 0 heterocycles. The van der Waals surface area contributed by atoms with Crippen LogP contribution in [0.3, 0.4) is 0 Å². The van der Waals surface area contributed by atoms with Crippen LogP contribution in [0.15, 0.2) is 30.3 Å². The van der Waals surface area contributed by atoms with E-state index >= 15 is 0 Å². The SMILES string of the molecule is NCCN(Cc1ccccc1)C1CCCCCCC1. The summed E-state index contributed by atoms with van der Waals surface area (Å²) in [5.41, 5.74) is 7.23. The van der Waals surface area contributed by atoms with Crippen LogP contribution in [0.25, 0.3) is 0 Å². The van der Waals surface area contributed by atoms with E-state index in [0.29, 0.717) is 0 Å². The Labute approximate surface area is 118 Å². The molecule has 1 fully saturated rings. The number of benzene rings is 1. The Hall–Kier alpha value is -0.860. The number of hydrogen-bond acceptors (Lipinski definition) is 2. The molecule has 0 aliphatic heterocycles. The summed E-state index contributed by atoms with van der Waals surface area (Å²) < 4.78 is 0. The Morgan fingerprint density at radius 2 is 1.58 bits per heavy atom. The first-order valence-corrected chi connectivity index (χ1v) is 7.88. The molecular formula is C17H28N2. The van der Waals surface area contributed by atoms with Crippen LogP contribution in [-0.4, -0.2) is 24.0 Å². The summed E-state index contributed by atoms with van der Waals surface area (Å²) in [6.45, 7) is 2.85. The maximum absolute atomic E-state index is 5.82. The molecule has 1 aliphatic carbocycles. The first kappa shape index (κ1) is 14.5. The Balaban J connectivity index is 1.96. The first-order chi connectivity index (χ1) is 9.40. The Morgan fingerprint density at radius 1 is 0.947 bits per heavy atom. The van der Waals surface area contributed by atoms with E-state index in [2.05, 4.69) is 35.2 Å². The van der Waals surface area contributed by atoms with Crippen molar-refractivity contribution in [3.05, 3.63) is 35.9 Å². The van der Waals surface area contributed by atoms with Gasteiger partial charge in [0.1, 0.15) is 0 Å². The number of nitrogens with two attached hydrogens (primary N) is 1. The van der Waals surface area contributed by atoms with Crippen LogP contribution < -0.4 is 5.73 Å². The monoisotopic (exact) mass is 260 g/mol. The van der Waals surface area contributed by atoms with Crippen LogP contribution >= 0.6 is 0 Å². The standard InChI is InChI=1S/C17H28N2/c18-13-14-19(15-16-9-5-4-6-10-16)17-11-7-2-1-3-8-12-17/h4-6,9-10,17H,1-3,7-8,11-15,18H2. The third-order valence-electron chi connectivity index (χ3n) is 4.24. The van der Waals surface area contributed by atoms with E-state index in [-0.39, 0.29) is 0 Å². The molecule has 0 unspecified atom stereocenters. The fourth-order valence-corrected chi connectivity index (χ4v) is 3.17. The van der Waals surface area contributed by atoms with Gasteiger partial charge in [-0.25, -0.2) is 0 Å². The average Bonchev–Trinajstić information content (AvgIpc) is 2.39. The van der Waals surface area contributed by atoms with Gasteiger partial charge in [-0.05, 0) is 18.4 Å². The normalized spacial score (nSPS) is 18.2. The zero-order chi connectivity index (χ0) is 13.3. The second-order valence-electron chi connectivity index (χ2n) is 5.74. The lowest BCUT2D eigenvalue weighted by atomic mass is 9.95. The van der Waals surface area contributed by atoms with Crippen molar-refractivity contribution in [1.29, 1.82) is 0 Å². The molecule has 19 heavy (non-hydrogen) atoms. The van der Waals surface area contributed by atoms with Gasteiger partial charge in [0.2, 0.25) is 0 Å². The molecule has 0 atom stereocenters. The molecule has 0 bridgehead atoms. The molecule has 0 spiro atoms. The summed E-state index contributed by atoms with van der Waals surface area (Å²) in [4.78, 5) is 2.61.